The number of fused-ring (bicyclic) bond motifs is 16. The van der Waals surface area contributed by atoms with Crippen molar-refractivity contribution < 1.29 is 0 Å². The van der Waals surface area contributed by atoms with E-state index in [2.05, 4.69) is 162 Å². The van der Waals surface area contributed by atoms with Gasteiger partial charge in [0.05, 0.1) is 0 Å². The summed E-state index contributed by atoms with van der Waals surface area (Å²) < 4.78 is 0. The van der Waals surface area contributed by atoms with Crippen LogP contribution in [0.2, 0.25) is 0 Å². The average Bonchev–Trinajstić information content (AvgIpc) is 3.11. The third-order valence-corrected chi connectivity index (χ3v) is 13.8. The van der Waals surface area contributed by atoms with Crippen molar-refractivity contribution >= 4 is 104 Å². The molecule has 0 saturated carbocycles. The highest BCUT2D eigenvalue weighted by Gasteiger charge is 2.43. The Labute approximate surface area is 309 Å². The van der Waals surface area contributed by atoms with Crippen LogP contribution in [-0.4, -0.2) is 6.71 Å². The Morgan fingerprint density at radius 1 is 0.380 bits per heavy atom. The van der Waals surface area contributed by atoms with Gasteiger partial charge in [-0.05, 0) is 138 Å². The molecular weight excluding hydrogens is 684 g/mol. The van der Waals surface area contributed by atoms with Crippen molar-refractivity contribution in [3.8, 4) is 0 Å². The second-order valence-electron chi connectivity index (χ2n) is 13.1. The summed E-state index contributed by atoms with van der Waals surface area (Å²) in [4.78, 5) is 15.1. The van der Waals surface area contributed by atoms with E-state index in [1.165, 1.54) is 95.2 Å². The Hall–Kier alpha value is -4.40. The average molecular weight is 711 g/mol. The summed E-state index contributed by atoms with van der Waals surface area (Å²) in [6, 6.07) is 55.2. The third-order valence-electron chi connectivity index (χ3n) is 9.86. The maximum Gasteiger partial charge on any atom is 0.252 e. The Morgan fingerprint density at radius 2 is 0.760 bits per heavy atom. The normalized spacial score (nSPS) is 14.5. The van der Waals surface area contributed by atoms with Crippen molar-refractivity contribution in [2.24, 2.45) is 0 Å². The molecule has 11 rings (SSSR count). The van der Waals surface area contributed by atoms with E-state index in [0.29, 0.717) is 0 Å². The zero-order valence-electron chi connectivity index (χ0n) is 27.0. The van der Waals surface area contributed by atoms with Crippen LogP contribution in [-0.2, 0) is 0 Å². The summed E-state index contributed by atoms with van der Waals surface area (Å²) in [5.41, 5.74) is 12.7. The zero-order valence-corrected chi connectivity index (χ0v) is 30.2. The molecule has 50 heavy (non-hydrogen) atoms. The molecule has 0 saturated heterocycles. The van der Waals surface area contributed by atoms with Crippen molar-refractivity contribution in [1.82, 2.24) is 0 Å². The van der Waals surface area contributed by atoms with E-state index in [1.54, 1.807) is 0 Å². The van der Waals surface area contributed by atoms with Gasteiger partial charge in [0.2, 0.25) is 0 Å². The van der Waals surface area contributed by atoms with E-state index in [-0.39, 0.29) is 6.71 Å². The molecule has 0 amide bonds. The van der Waals surface area contributed by atoms with E-state index in [4.69, 9.17) is 0 Å². The lowest BCUT2D eigenvalue weighted by Crippen LogP contribution is -2.61. The summed E-state index contributed by atoms with van der Waals surface area (Å²) >= 11 is 7.36. The lowest BCUT2D eigenvalue weighted by molar-refractivity contribution is 1.20. The summed E-state index contributed by atoms with van der Waals surface area (Å²) in [5, 5.41) is 0. The number of benzene rings is 7. The van der Waals surface area contributed by atoms with Gasteiger partial charge < -0.3 is 9.80 Å². The van der Waals surface area contributed by atoms with Gasteiger partial charge in [-0.2, -0.15) is 0 Å². The molecule has 0 aliphatic carbocycles. The summed E-state index contributed by atoms with van der Waals surface area (Å²) in [5.74, 6) is 0. The molecule has 0 unspecified atom stereocenters. The number of rotatable bonds is 0. The standard InChI is InChI=1S/C43H27BN2S4/c1-26-18-41-43-42(19-26)46-28-7-3-9-30(21-28)48-32-11-5-13-34(23-32)50-36-15-17-38(40(46)25-36)44(43)37-16-14-35-24-39(37)45(41)27-6-2-8-29(20-27)47-31-10-4-12-33(22-31)49-35/h2-25H,1H3. The molecule has 7 aromatic carbocycles. The summed E-state index contributed by atoms with van der Waals surface area (Å²) in [6.07, 6.45) is 0. The number of anilines is 6. The van der Waals surface area contributed by atoms with E-state index in [9.17, 15) is 0 Å². The van der Waals surface area contributed by atoms with Crippen LogP contribution < -0.4 is 26.2 Å². The molecule has 0 spiro atoms. The molecule has 4 aliphatic heterocycles. The monoisotopic (exact) mass is 710 g/mol. The highest BCUT2D eigenvalue weighted by molar-refractivity contribution is 8.00. The highest BCUT2D eigenvalue weighted by atomic mass is 32.2. The highest BCUT2D eigenvalue weighted by Crippen LogP contribution is 2.48. The SMILES string of the molecule is Cc1cc2c3c(c1)N1c4cccc(c4)Sc4cccc(c4)Sc4ccc(c1c4)B3c1ccc3cc1N2c1cccc(c1)Sc1cccc(c1)S3. The maximum atomic E-state index is 2.53. The lowest BCUT2D eigenvalue weighted by atomic mass is 9.33. The van der Waals surface area contributed by atoms with Crippen LogP contribution in [0.3, 0.4) is 0 Å². The van der Waals surface area contributed by atoms with Crippen molar-refractivity contribution in [1.29, 1.82) is 0 Å². The van der Waals surface area contributed by atoms with Gasteiger partial charge in [0.15, 0.2) is 0 Å². The molecule has 4 heterocycles. The molecule has 12 bridgehead atoms. The number of hydrogen-bond donors (Lipinski definition) is 0. The predicted octanol–water partition coefficient (Wildman–Crippen LogP) is 11.3. The minimum Gasteiger partial charge on any atom is -0.311 e. The van der Waals surface area contributed by atoms with Gasteiger partial charge in [-0.3, -0.25) is 0 Å². The van der Waals surface area contributed by atoms with Crippen molar-refractivity contribution in [3.05, 3.63) is 151 Å². The maximum absolute atomic E-state index is 2.53. The van der Waals surface area contributed by atoms with Gasteiger partial charge in [-0.25, -0.2) is 0 Å². The van der Waals surface area contributed by atoms with Crippen LogP contribution in [0.15, 0.2) is 185 Å². The first-order valence-electron chi connectivity index (χ1n) is 16.8. The van der Waals surface area contributed by atoms with E-state index in [1.807, 2.05) is 47.0 Å². The van der Waals surface area contributed by atoms with Crippen molar-refractivity contribution in [2.45, 2.75) is 46.1 Å². The first-order valence-corrected chi connectivity index (χ1v) is 20.0. The van der Waals surface area contributed by atoms with Gasteiger partial charge in [0.25, 0.3) is 6.71 Å². The number of hydrogen-bond acceptors (Lipinski definition) is 6. The molecular formula is C43H27BN2S4. The molecule has 4 aliphatic rings. The fourth-order valence-electron chi connectivity index (χ4n) is 7.89. The number of aryl methyl sites for hydroxylation is 1. The molecule has 236 valence electrons. The number of nitrogens with zero attached hydrogens (tertiary/aromatic N) is 2. The first kappa shape index (κ1) is 29.3. The van der Waals surface area contributed by atoms with Gasteiger partial charge in [0, 0.05) is 73.3 Å². The molecule has 2 nitrogen and oxygen atoms in total. The summed E-state index contributed by atoms with van der Waals surface area (Å²) in [6.45, 7) is 2.35. The topological polar surface area (TPSA) is 6.48 Å². The Morgan fingerprint density at radius 3 is 1.20 bits per heavy atom. The van der Waals surface area contributed by atoms with Crippen LogP contribution in [0.1, 0.15) is 5.56 Å². The Balaban J connectivity index is 1.21. The van der Waals surface area contributed by atoms with Gasteiger partial charge >= 0.3 is 0 Å². The van der Waals surface area contributed by atoms with Crippen LogP contribution in [0.25, 0.3) is 0 Å². The molecule has 7 aromatic rings. The molecule has 0 radical (unpaired) electrons. The second-order valence-corrected chi connectivity index (χ2v) is 17.7. The van der Waals surface area contributed by atoms with E-state index >= 15 is 0 Å². The molecule has 0 aromatic heterocycles. The predicted molar refractivity (Wildman–Crippen MR) is 215 cm³/mol. The fourth-order valence-corrected chi connectivity index (χ4v) is 11.7. The molecule has 7 heteroatoms. The van der Waals surface area contributed by atoms with Crippen molar-refractivity contribution in [3.63, 3.8) is 0 Å². The Kier molecular flexibility index (Phi) is 6.64. The van der Waals surface area contributed by atoms with Gasteiger partial charge in [-0.15, -0.1) is 0 Å². The van der Waals surface area contributed by atoms with Crippen LogP contribution in [0.5, 0.6) is 0 Å². The quantitative estimate of drug-likeness (QED) is 0.144. The van der Waals surface area contributed by atoms with Crippen LogP contribution in [0, 0.1) is 6.92 Å². The molecule has 0 fully saturated rings. The van der Waals surface area contributed by atoms with E-state index < -0.39 is 0 Å². The zero-order chi connectivity index (χ0) is 32.9. The van der Waals surface area contributed by atoms with Crippen LogP contribution >= 0.6 is 47.0 Å². The largest absolute Gasteiger partial charge is 0.311 e. The van der Waals surface area contributed by atoms with Gasteiger partial charge in [0.1, 0.15) is 0 Å². The minimum atomic E-state index is 0.0961. The van der Waals surface area contributed by atoms with Gasteiger partial charge in [-0.1, -0.05) is 83.4 Å². The van der Waals surface area contributed by atoms with E-state index in [0.717, 1.165) is 0 Å². The first-order chi connectivity index (χ1) is 24.6. The fraction of sp³-hybridized carbons (Fsp3) is 0.0233. The molecule has 0 atom stereocenters. The van der Waals surface area contributed by atoms with Crippen LogP contribution in [0.4, 0.5) is 34.1 Å². The van der Waals surface area contributed by atoms with Crippen molar-refractivity contribution in [2.75, 3.05) is 9.80 Å². The Bertz CT molecular complexity index is 2400. The second kappa shape index (κ2) is 11.3. The molecule has 0 N–H and O–H groups in total. The third kappa shape index (κ3) is 4.71. The summed E-state index contributed by atoms with van der Waals surface area (Å²) in [7, 11) is 0. The minimum absolute atomic E-state index is 0.0961. The lowest BCUT2D eigenvalue weighted by Gasteiger charge is -2.44. The smallest absolute Gasteiger partial charge is 0.252 e.